The van der Waals surface area contributed by atoms with Crippen molar-refractivity contribution < 1.29 is 13.2 Å². The predicted molar refractivity (Wildman–Crippen MR) is 94.0 cm³/mol. The van der Waals surface area contributed by atoms with Gasteiger partial charge in [0.25, 0.3) is 0 Å². The summed E-state index contributed by atoms with van der Waals surface area (Å²) in [5.41, 5.74) is 0.536. The first-order valence-corrected chi connectivity index (χ1v) is 9.28. The fourth-order valence-electron chi connectivity index (χ4n) is 1.75. The second kappa shape index (κ2) is 7.44. The van der Waals surface area contributed by atoms with Crippen LogP contribution in [0.5, 0.6) is 0 Å². The lowest BCUT2D eigenvalue weighted by Gasteiger charge is -2.14. The van der Waals surface area contributed by atoms with E-state index in [-0.39, 0.29) is 4.90 Å². The highest BCUT2D eigenvalue weighted by Gasteiger charge is 2.22. The molecule has 0 bridgehead atoms. The Balaban J connectivity index is 2.05. The van der Waals surface area contributed by atoms with Crippen molar-refractivity contribution in [2.45, 2.75) is 17.9 Å². The molecule has 0 aromatic heterocycles. The summed E-state index contributed by atoms with van der Waals surface area (Å²) < 4.78 is 27.6. The third-order valence-corrected chi connectivity index (χ3v) is 5.30. The largest absolute Gasteiger partial charge is 0.325 e. The fourth-order valence-corrected chi connectivity index (χ4v) is 3.35. The zero-order valence-corrected chi connectivity index (χ0v) is 15.2. The van der Waals surface area contributed by atoms with Crippen molar-refractivity contribution in [3.63, 3.8) is 0 Å². The summed E-state index contributed by atoms with van der Waals surface area (Å²) in [6.07, 6.45) is 0. The maximum Gasteiger partial charge on any atom is 0.242 e. The molecule has 23 heavy (non-hydrogen) atoms. The maximum absolute atomic E-state index is 12.2. The number of nitrogens with one attached hydrogen (secondary N) is 2. The van der Waals surface area contributed by atoms with E-state index in [0.29, 0.717) is 10.7 Å². The molecule has 2 aromatic rings. The number of halogens is 2. The second-order valence-electron chi connectivity index (χ2n) is 4.79. The molecule has 2 rings (SSSR count). The molecule has 2 aromatic carbocycles. The molecule has 0 saturated carbocycles. The molecule has 2 N–H and O–H groups in total. The minimum atomic E-state index is -3.77. The quantitative estimate of drug-likeness (QED) is 0.783. The molecular weight excluding hydrogens is 404 g/mol. The van der Waals surface area contributed by atoms with Crippen LogP contribution in [0.2, 0.25) is 5.02 Å². The van der Waals surface area contributed by atoms with Gasteiger partial charge in [0.1, 0.15) is 0 Å². The molecule has 0 saturated heterocycles. The second-order valence-corrected chi connectivity index (χ2v) is 7.86. The Kier molecular flexibility index (Phi) is 5.80. The van der Waals surface area contributed by atoms with Gasteiger partial charge in [-0.15, -0.1) is 0 Å². The van der Waals surface area contributed by atoms with Crippen molar-refractivity contribution in [2.75, 3.05) is 5.32 Å². The first-order chi connectivity index (χ1) is 10.8. The highest BCUT2D eigenvalue weighted by molar-refractivity contribution is 9.10. The lowest BCUT2D eigenvalue weighted by atomic mass is 10.3. The summed E-state index contributed by atoms with van der Waals surface area (Å²) >= 11 is 9.01. The molecule has 8 heteroatoms. The van der Waals surface area contributed by atoms with Gasteiger partial charge in [0, 0.05) is 15.2 Å². The molecule has 122 valence electrons. The molecule has 0 aliphatic heterocycles. The number of carbonyl (C=O) groups is 1. The minimum absolute atomic E-state index is 0.0897. The Morgan fingerprint density at radius 2 is 1.65 bits per heavy atom. The Hall–Kier alpha value is -1.41. The van der Waals surface area contributed by atoms with Gasteiger partial charge in [-0.2, -0.15) is 4.72 Å². The lowest BCUT2D eigenvalue weighted by Crippen LogP contribution is -2.41. The molecule has 0 fully saturated rings. The maximum atomic E-state index is 12.2. The lowest BCUT2D eigenvalue weighted by molar-refractivity contribution is -0.117. The highest BCUT2D eigenvalue weighted by atomic mass is 79.9. The molecule has 0 unspecified atom stereocenters. The SMILES string of the molecule is C[C@H](NS(=O)(=O)c1ccc(Br)cc1)C(=O)Nc1ccc(Cl)cc1. The third kappa shape index (κ3) is 5.04. The van der Waals surface area contributed by atoms with Gasteiger partial charge in [0.15, 0.2) is 0 Å². The summed E-state index contributed by atoms with van der Waals surface area (Å²) in [7, 11) is -3.77. The Morgan fingerprint density at radius 1 is 1.09 bits per heavy atom. The van der Waals surface area contributed by atoms with Crippen LogP contribution in [0.15, 0.2) is 57.9 Å². The van der Waals surface area contributed by atoms with Crippen LogP contribution < -0.4 is 10.0 Å². The molecule has 0 spiro atoms. The van der Waals surface area contributed by atoms with E-state index < -0.39 is 22.0 Å². The highest BCUT2D eigenvalue weighted by Crippen LogP contribution is 2.16. The van der Waals surface area contributed by atoms with Crippen LogP contribution in [0.3, 0.4) is 0 Å². The molecule has 0 aliphatic carbocycles. The van der Waals surface area contributed by atoms with Gasteiger partial charge in [-0.3, -0.25) is 4.79 Å². The third-order valence-electron chi connectivity index (χ3n) is 2.96. The van der Waals surface area contributed by atoms with Crippen molar-refractivity contribution >= 4 is 49.1 Å². The number of sulfonamides is 1. The Morgan fingerprint density at radius 3 is 2.22 bits per heavy atom. The summed E-state index contributed by atoms with van der Waals surface area (Å²) in [5, 5.41) is 3.17. The Bertz CT molecular complexity index is 792. The number of benzene rings is 2. The number of rotatable bonds is 5. The van der Waals surface area contributed by atoms with E-state index in [1.807, 2.05) is 0 Å². The van der Waals surface area contributed by atoms with Crippen LogP contribution in [-0.2, 0) is 14.8 Å². The molecule has 0 radical (unpaired) electrons. The van der Waals surface area contributed by atoms with Crippen LogP contribution in [0.25, 0.3) is 0 Å². The molecule has 5 nitrogen and oxygen atoms in total. The van der Waals surface area contributed by atoms with E-state index in [2.05, 4.69) is 26.0 Å². The first-order valence-electron chi connectivity index (χ1n) is 6.62. The van der Waals surface area contributed by atoms with Crippen molar-refractivity contribution in [2.24, 2.45) is 0 Å². The number of hydrogen-bond donors (Lipinski definition) is 2. The Labute approximate surface area is 148 Å². The van der Waals surface area contributed by atoms with Gasteiger partial charge in [-0.25, -0.2) is 8.42 Å². The molecule has 0 aliphatic rings. The fraction of sp³-hybridized carbons (Fsp3) is 0.133. The monoisotopic (exact) mass is 416 g/mol. The average Bonchev–Trinajstić information content (AvgIpc) is 2.49. The van der Waals surface area contributed by atoms with Crippen molar-refractivity contribution in [3.05, 3.63) is 58.0 Å². The van der Waals surface area contributed by atoms with Crippen molar-refractivity contribution in [1.29, 1.82) is 0 Å². The smallest absolute Gasteiger partial charge is 0.242 e. The number of anilines is 1. The van der Waals surface area contributed by atoms with E-state index in [1.165, 1.54) is 19.1 Å². The van der Waals surface area contributed by atoms with E-state index in [9.17, 15) is 13.2 Å². The van der Waals surface area contributed by atoms with Gasteiger partial charge >= 0.3 is 0 Å². The summed E-state index contributed by atoms with van der Waals surface area (Å²) in [5.74, 6) is -0.465. The number of amides is 1. The van der Waals surface area contributed by atoms with Gasteiger partial charge in [-0.1, -0.05) is 27.5 Å². The normalized spacial score (nSPS) is 12.7. The standard InChI is InChI=1S/C15H14BrClN2O3S/c1-10(15(20)18-13-6-4-12(17)5-7-13)19-23(21,22)14-8-2-11(16)3-9-14/h2-10,19H,1H3,(H,18,20)/t10-/m0/s1. The molecule has 1 atom stereocenters. The zero-order valence-electron chi connectivity index (χ0n) is 12.1. The van der Waals surface area contributed by atoms with Crippen molar-refractivity contribution in [3.8, 4) is 0 Å². The molecular formula is C15H14BrClN2O3S. The summed E-state index contributed by atoms with van der Waals surface area (Å²) in [6.45, 7) is 1.47. The zero-order chi connectivity index (χ0) is 17.0. The van der Waals surface area contributed by atoms with Crippen molar-refractivity contribution in [1.82, 2.24) is 4.72 Å². The van der Waals surface area contributed by atoms with Gasteiger partial charge < -0.3 is 5.32 Å². The molecule has 1 amide bonds. The van der Waals surface area contributed by atoms with E-state index in [1.54, 1.807) is 36.4 Å². The van der Waals surface area contributed by atoms with Gasteiger partial charge in [0.05, 0.1) is 10.9 Å². The van der Waals surface area contributed by atoms with E-state index in [0.717, 1.165) is 4.47 Å². The molecule has 0 heterocycles. The van der Waals surface area contributed by atoms with Crippen LogP contribution in [0, 0.1) is 0 Å². The van der Waals surface area contributed by atoms with Gasteiger partial charge in [-0.05, 0) is 55.5 Å². The average molecular weight is 418 g/mol. The van der Waals surface area contributed by atoms with E-state index >= 15 is 0 Å². The van der Waals surface area contributed by atoms with Gasteiger partial charge in [0.2, 0.25) is 15.9 Å². The van der Waals surface area contributed by atoms with Crippen LogP contribution in [0.1, 0.15) is 6.92 Å². The van der Waals surface area contributed by atoms with Crippen LogP contribution >= 0.6 is 27.5 Å². The van der Waals surface area contributed by atoms with E-state index in [4.69, 9.17) is 11.6 Å². The number of hydrogen-bond acceptors (Lipinski definition) is 3. The van der Waals surface area contributed by atoms with Crippen LogP contribution in [0.4, 0.5) is 5.69 Å². The minimum Gasteiger partial charge on any atom is -0.325 e. The summed E-state index contributed by atoms with van der Waals surface area (Å²) in [4.78, 5) is 12.2. The van der Waals surface area contributed by atoms with Crippen LogP contribution in [-0.4, -0.2) is 20.4 Å². The first kappa shape index (κ1) is 17.9. The topological polar surface area (TPSA) is 75.3 Å². The predicted octanol–water partition coefficient (Wildman–Crippen LogP) is 3.41. The number of carbonyl (C=O) groups excluding carboxylic acids is 1. The summed E-state index contributed by atoms with van der Waals surface area (Å²) in [6, 6.07) is 11.7.